The van der Waals surface area contributed by atoms with Gasteiger partial charge >= 0.3 is 0 Å². The lowest BCUT2D eigenvalue weighted by atomic mass is 9.98. The van der Waals surface area contributed by atoms with E-state index in [1.807, 2.05) is 0 Å². The minimum atomic E-state index is 0.302. The van der Waals surface area contributed by atoms with Crippen molar-refractivity contribution in [1.29, 1.82) is 0 Å². The van der Waals surface area contributed by atoms with Crippen molar-refractivity contribution in [3.05, 3.63) is 35.4 Å². The van der Waals surface area contributed by atoms with E-state index < -0.39 is 0 Å². The first-order valence-electron chi connectivity index (χ1n) is 8.86. The molecule has 0 aliphatic rings. The molecule has 0 bridgehead atoms. The summed E-state index contributed by atoms with van der Waals surface area (Å²) in [5, 5.41) is 0. The summed E-state index contributed by atoms with van der Waals surface area (Å²) < 4.78 is 0. The van der Waals surface area contributed by atoms with Gasteiger partial charge in [-0.25, -0.2) is 0 Å². The van der Waals surface area contributed by atoms with Crippen molar-refractivity contribution < 1.29 is 0 Å². The normalized spacial score (nSPS) is 12.5. The number of nitrogens with one attached hydrogen (secondary N) is 1. The van der Waals surface area contributed by atoms with E-state index in [0.717, 1.165) is 12.8 Å². The molecule has 0 radical (unpaired) electrons. The largest absolute Gasteiger partial charge is 0.271 e. The molecule has 120 valence electrons. The van der Waals surface area contributed by atoms with Gasteiger partial charge in [0.15, 0.2) is 0 Å². The van der Waals surface area contributed by atoms with Crippen LogP contribution in [0.15, 0.2) is 24.3 Å². The lowest BCUT2D eigenvalue weighted by Gasteiger charge is -2.16. The maximum atomic E-state index is 5.72. The molecule has 1 aromatic rings. The highest BCUT2D eigenvalue weighted by Gasteiger charge is 2.08. The molecule has 0 spiro atoms. The molecular weight excluding hydrogens is 256 g/mol. The van der Waals surface area contributed by atoms with Crippen molar-refractivity contribution in [2.24, 2.45) is 5.84 Å². The number of aryl methyl sites for hydroxylation is 1. The zero-order valence-corrected chi connectivity index (χ0v) is 14.0. The number of unbranched alkanes of at least 4 members (excludes halogenated alkanes) is 7. The maximum absolute atomic E-state index is 5.72. The van der Waals surface area contributed by atoms with E-state index in [9.17, 15) is 0 Å². The molecule has 21 heavy (non-hydrogen) atoms. The fraction of sp³-hybridized carbons (Fsp3) is 0.684. The molecule has 3 N–H and O–H groups in total. The number of benzene rings is 1. The van der Waals surface area contributed by atoms with Gasteiger partial charge in [-0.05, 0) is 24.0 Å². The van der Waals surface area contributed by atoms with Crippen molar-refractivity contribution in [3.63, 3.8) is 0 Å². The second-order valence-electron chi connectivity index (χ2n) is 6.08. The Hall–Kier alpha value is -0.860. The van der Waals surface area contributed by atoms with Crippen LogP contribution >= 0.6 is 0 Å². The molecule has 1 unspecified atom stereocenters. The molecule has 0 aromatic heterocycles. The highest BCUT2D eigenvalue weighted by molar-refractivity contribution is 5.24. The minimum absolute atomic E-state index is 0.302. The van der Waals surface area contributed by atoms with Crippen molar-refractivity contribution in [3.8, 4) is 0 Å². The minimum Gasteiger partial charge on any atom is -0.271 e. The summed E-state index contributed by atoms with van der Waals surface area (Å²) >= 11 is 0. The van der Waals surface area contributed by atoms with Crippen LogP contribution < -0.4 is 11.3 Å². The Morgan fingerprint density at radius 3 is 1.95 bits per heavy atom. The number of nitrogens with two attached hydrogens (primary N) is 1. The predicted molar refractivity (Wildman–Crippen MR) is 93.1 cm³/mol. The van der Waals surface area contributed by atoms with E-state index in [4.69, 9.17) is 5.84 Å². The molecule has 1 aromatic carbocycles. The Kier molecular flexibility index (Phi) is 10.2. The zero-order valence-electron chi connectivity index (χ0n) is 14.0. The second kappa shape index (κ2) is 11.8. The molecule has 2 heteroatoms. The molecule has 0 saturated carbocycles. The second-order valence-corrected chi connectivity index (χ2v) is 6.08. The monoisotopic (exact) mass is 290 g/mol. The summed E-state index contributed by atoms with van der Waals surface area (Å²) in [5.74, 6) is 5.72. The lowest BCUT2D eigenvalue weighted by molar-refractivity contribution is 0.475. The van der Waals surface area contributed by atoms with Crippen LogP contribution in [-0.2, 0) is 6.42 Å². The molecule has 2 nitrogen and oxygen atoms in total. The van der Waals surface area contributed by atoms with Crippen LogP contribution in [0, 0.1) is 0 Å². The maximum Gasteiger partial charge on any atom is 0.0460 e. The van der Waals surface area contributed by atoms with Gasteiger partial charge in [-0.2, -0.15) is 0 Å². The summed E-state index contributed by atoms with van der Waals surface area (Å²) in [4.78, 5) is 0. The average molecular weight is 290 g/mol. The molecule has 0 heterocycles. The standard InChI is InChI=1S/C19H34N2/c1-3-5-6-7-8-9-10-11-12-19(21-20)18-15-13-17(4-2)14-16-18/h13-16,19,21H,3-12,20H2,1-2H3. The average Bonchev–Trinajstić information content (AvgIpc) is 2.54. The van der Waals surface area contributed by atoms with E-state index in [1.54, 1.807) is 0 Å². The van der Waals surface area contributed by atoms with Crippen LogP contribution in [0.1, 0.15) is 88.8 Å². The predicted octanol–water partition coefficient (Wildman–Crippen LogP) is 5.28. The van der Waals surface area contributed by atoms with Gasteiger partial charge in [0.1, 0.15) is 0 Å². The molecule has 0 fully saturated rings. The third-order valence-electron chi connectivity index (χ3n) is 4.34. The van der Waals surface area contributed by atoms with Crippen molar-refractivity contribution in [2.75, 3.05) is 0 Å². The molecule has 0 amide bonds. The van der Waals surface area contributed by atoms with Crippen LogP contribution in [0.25, 0.3) is 0 Å². The Morgan fingerprint density at radius 1 is 0.857 bits per heavy atom. The summed E-state index contributed by atoms with van der Waals surface area (Å²) in [6.07, 6.45) is 13.1. The zero-order chi connectivity index (χ0) is 15.3. The quantitative estimate of drug-likeness (QED) is 0.312. The first-order valence-corrected chi connectivity index (χ1v) is 8.86. The van der Waals surface area contributed by atoms with Crippen LogP contribution in [0.3, 0.4) is 0 Å². The smallest absolute Gasteiger partial charge is 0.0460 e. The van der Waals surface area contributed by atoms with Gasteiger partial charge < -0.3 is 0 Å². The number of hydrogen-bond acceptors (Lipinski definition) is 2. The van der Waals surface area contributed by atoms with E-state index in [1.165, 1.54) is 62.5 Å². The van der Waals surface area contributed by atoms with E-state index in [0.29, 0.717) is 6.04 Å². The van der Waals surface area contributed by atoms with E-state index in [2.05, 4.69) is 43.5 Å². The Bertz CT molecular complexity index is 345. The van der Waals surface area contributed by atoms with E-state index >= 15 is 0 Å². The highest BCUT2D eigenvalue weighted by Crippen LogP contribution is 2.20. The van der Waals surface area contributed by atoms with Gasteiger partial charge in [-0.15, -0.1) is 0 Å². The summed E-state index contributed by atoms with van der Waals surface area (Å²) in [5.41, 5.74) is 5.68. The summed E-state index contributed by atoms with van der Waals surface area (Å²) in [6.45, 7) is 4.46. The van der Waals surface area contributed by atoms with Crippen LogP contribution in [-0.4, -0.2) is 0 Å². The SMILES string of the molecule is CCCCCCCCCCC(NN)c1ccc(CC)cc1. The molecule has 0 aliphatic carbocycles. The van der Waals surface area contributed by atoms with Crippen LogP contribution in [0.4, 0.5) is 0 Å². The topological polar surface area (TPSA) is 38.0 Å². The van der Waals surface area contributed by atoms with Gasteiger partial charge in [0, 0.05) is 6.04 Å². The van der Waals surface area contributed by atoms with Crippen LogP contribution in [0.5, 0.6) is 0 Å². The molecule has 0 aliphatic heterocycles. The van der Waals surface area contributed by atoms with Crippen molar-refractivity contribution >= 4 is 0 Å². The Labute approximate surface area is 131 Å². The fourth-order valence-corrected chi connectivity index (χ4v) is 2.81. The Balaban J connectivity index is 2.18. The van der Waals surface area contributed by atoms with Gasteiger partial charge in [0.05, 0.1) is 0 Å². The molecule has 1 rings (SSSR count). The number of hydrazine groups is 1. The molecule has 1 atom stereocenters. The Morgan fingerprint density at radius 2 is 1.43 bits per heavy atom. The van der Waals surface area contributed by atoms with Gasteiger partial charge in [0.25, 0.3) is 0 Å². The first-order chi connectivity index (χ1) is 10.3. The number of rotatable bonds is 12. The summed E-state index contributed by atoms with van der Waals surface area (Å²) in [7, 11) is 0. The van der Waals surface area contributed by atoms with Gasteiger partial charge in [0.2, 0.25) is 0 Å². The van der Waals surface area contributed by atoms with Crippen molar-refractivity contribution in [1.82, 2.24) is 5.43 Å². The third-order valence-corrected chi connectivity index (χ3v) is 4.34. The first kappa shape index (κ1) is 18.2. The highest BCUT2D eigenvalue weighted by atomic mass is 15.2. The van der Waals surface area contributed by atoms with Crippen LogP contribution in [0.2, 0.25) is 0 Å². The fourth-order valence-electron chi connectivity index (χ4n) is 2.81. The van der Waals surface area contributed by atoms with Gasteiger partial charge in [-0.3, -0.25) is 11.3 Å². The molecule has 0 saturated heterocycles. The lowest BCUT2D eigenvalue weighted by Crippen LogP contribution is -2.27. The third kappa shape index (κ3) is 7.63. The molecular formula is C19H34N2. The van der Waals surface area contributed by atoms with E-state index in [-0.39, 0.29) is 0 Å². The number of hydrogen-bond donors (Lipinski definition) is 2. The summed E-state index contributed by atoms with van der Waals surface area (Å²) in [6, 6.07) is 9.17. The van der Waals surface area contributed by atoms with Gasteiger partial charge in [-0.1, -0.05) is 89.5 Å². The van der Waals surface area contributed by atoms with Crippen molar-refractivity contribution in [2.45, 2.75) is 84.1 Å².